The molecule has 0 aliphatic heterocycles. The number of rotatable bonds is 8. The van der Waals surface area contributed by atoms with Crippen molar-refractivity contribution in [1.29, 1.82) is 0 Å². The lowest BCUT2D eigenvalue weighted by atomic mass is 9.70. The predicted octanol–water partition coefficient (Wildman–Crippen LogP) is 7.41. The van der Waals surface area contributed by atoms with Crippen LogP contribution < -0.4 is 0 Å². The van der Waals surface area contributed by atoms with E-state index in [2.05, 4.69) is 34.9 Å². The van der Waals surface area contributed by atoms with E-state index in [1.54, 1.807) is 0 Å². The van der Waals surface area contributed by atoms with E-state index in [1.807, 2.05) is 6.08 Å². The van der Waals surface area contributed by atoms with E-state index in [9.17, 15) is 4.79 Å². The molecule has 3 saturated carbocycles. The van der Waals surface area contributed by atoms with Gasteiger partial charge in [-0.15, -0.1) is 9.24 Å². The smallest absolute Gasteiger partial charge is 0.132 e. The number of ketones is 1. The third kappa shape index (κ3) is 7.16. The van der Waals surface area contributed by atoms with Crippen LogP contribution in [0.25, 0.3) is 0 Å². The molecule has 0 spiro atoms. The molecule has 0 saturated heterocycles. The Labute approximate surface area is 187 Å². The largest absolute Gasteiger partial charge is 0.379 e. The summed E-state index contributed by atoms with van der Waals surface area (Å²) in [6.07, 6.45) is 22.6. The van der Waals surface area contributed by atoms with Crippen molar-refractivity contribution in [2.45, 2.75) is 96.5 Å². The van der Waals surface area contributed by atoms with Crippen LogP contribution in [0.15, 0.2) is 35.7 Å². The highest BCUT2D eigenvalue weighted by atomic mass is 31.0. The number of Topliss-reactive ketones (excluding diaryl/α,β-unsaturated/α-hetero) is 1. The van der Waals surface area contributed by atoms with Crippen molar-refractivity contribution in [3.63, 3.8) is 0 Å². The Morgan fingerprint density at radius 2 is 1.63 bits per heavy atom. The summed E-state index contributed by atoms with van der Waals surface area (Å²) in [4.78, 5) is 11.5. The number of carbonyl (C=O) groups excluding carboxylic acids is 1. The monoisotopic (exact) mass is 430 g/mol. The molecular formula is C27H43O2P. The molecule has 1 unspecified atom stereocenters. The number of allylic oxidation sites excluding steroid dienone is 5. The fourth-order valence-corrected chi connectivity index (χ4v) is 6.67. The molecule has 0 aromatic rings. The number of hydrogen-bond acceptors (Lipinski definition) is 2. The molecule has 1 atom stereocenters. The molecule has 0 N–H and O–H groups in total. The normalized spacial score (nSPS) is 32.3. The molecule has 3 aliphatic rings. The van der Waals surface area contributed by atoms with E-state index in [0.717, 1.165) is 50.0 Å². The molecule has 0 heterocycles. The molecule has 0 radical (unpaired) electrons. The molecule has 3 heteroatoms. The van der Waals surface area contributed by atoms with Crippen molar-refractivity contribution in [2.75, 3.05) is 6.61 Å². The lowest BCUT2D eigenvalue weighted by molar-refractivity contribution is -0.121. The quantitative estimate of drug-likeness (QED) is 0.296. The summed E-state index contributed by atoms with van der Waals surface area (Å²) >= 11 is 0. The van der Waals surface area contributed by atoms with Crippen LogP contribution >= 0.6 is 9.24 Å². The van der Waals surface area contributed by atoms with Crippen LogP contribution in [0.1, 0.15) is 90.4 Å². The molecule has 168 valence electrons. The average Bonchev–Trinajstić information content (AvgIpc) is 2.75. The standard InChI is InChI=1S/C27H43O2P/c1-3-5-24(23-12-16-26(17-13-23)29-4-2)19-27(30)18-20-6-8-21(9-7-20)22-10-14-25(28)15-11-22/h3,5,19-23,26H,1,4,6-18,30H2,2H3/b24-5+,27-19+. The molecule has 0 amide bonds. The summed E-state index contributed by atoms with van der Waals surface area (Å²) in [5.41, 5.74) is 1.46. The zero-order valence-electron chi connectivity index (χ0n) is 19.1. The first-order valence-corrected chi connectivity index (χ1v) is 13.1. The summed E-state index contributed by atoms with van der Waals surface area (Å²) < 4.78 is 5.83. The van der Waals surface area contributed by atoms with Crippen molar-refractivity contribution >= 4 is 15.0 Å². The minimum Gasteiger partial charge on any atom is -0.379 e. The van der Waals surface area contributed by atoms with E-state index in [1.165, 1.54) is 68.7 Å². The molecule has 3 rings (SSSR count). The summed E-state index contributed by atoms with van der Waals surface area (Å²) in [6.45, 7) is 6.90. The van der Waals surface area contributed by atoms with E-state index in [-0.39, 0.29) is 0 Å². The SMILES string of the molecule is C=C/C=C(\C=C(\P)CC1CCC(C2CCC(=O)CC2)CC1)C1CCC(OCC)CC1. The van der Waals surface area contributed by atoms with Gasteiger partial charge in [-0.2, -0.15) is 0 Å². The number of hydrogen-bond donors (Lipinski definition) is 0. The van der Waals surface area contributed by atoms with Gasteiger partial charge in [0.2, 0.25) is 0 Å². The fourth-order valence-electron chi connectivity index (χ4n) is 6.14. The van der Waals surface area contributed by atoms with E-state index in [4.69, 9.17) is 4.74 Å². The topological polar surface area (TPSA) is 26.3 Å². The molecule has 2 nitrogen and oxygen atoms in total. The van der Waals surface area contributed by atoms with Gasteiger partial charge in [0.05, 0.1) is 6.10 Å². The maximum absolute atomic E-state index is 11.5. The van der Waals surface area contributed by atoms with Gasteiger partial charge >= 0.3 is 0 Å². The lowest BCUT2D eigenvalue weighted by Crippen LogP contribution is -2.25. The Balaban J connectivity index is 1.47. The molecule has 3 aliphatic carbocycles. The van der Waals surface area contributed by atoms with Crippen molar-refractivity contribution in [2.24, 2.45) is 23.7 Å². The third-order valence-electron chi connectivity index (χ3n) is 7.88. The summed E-state index contributed by atoms with van der Waals surface area (Å²) in [5, 5.41) is 1.46. The van der Waals surface area contributed by atoms with Gasteiger partial charge in [-0.25, -0.2) is 0 Å². The van der Waals surface area contributed by atoms with Crippen LogP contribution in [0, 0.1) is 23.7 Å². The molecule has 0 aromatic carbocycles. The minimum absolute atomic E-state index is 0.466. The second-order valence-electron chi connectivity index (χ2n) is 9.91. The van der Waals surface area contributed by atoms with Gasteiger partial charge in [-0.3, -0.25) is 4.79 Å². The van der Waals surface area contributed by atoms with Crippen molar-refractivity contribution < 1.29 is 9.53 Å². The summed E-state index contributed by atoms with van der Waals surface area (Å²) in [6, 6.07) is 0. The van der Waals surface area contributed by atoms with Crippen LogP contribution in [0.2, 0.25) is 0 Å². The van der Waals surface area contributed by atoms with Crippen LogP contribution in [0.5, 0.6) is 0 Å². The zero-order valence-corrected chi connectivity index (χ0v) is 20.3. The first-order valence-electron chi connectivity index (χ1n) is 12.5. The molecule has 30 heavy (non-hydrogen) atoms. The lowest BCUT2D eigenvalue weighted by Gasteiger charge is -2.35. The van der Waals surface area contributed by atoms with E-state index in [0.29, 0.717) is 17.8 Å². The van der Waals surface area contributed by atoms with Gasteiger partial charge in [0.15, 0.2) is 0 Å². The number of ether oxygens (including phenoxy) is 1. The molecule has 3 fully saturated rings. The minimum atomic E-state index is 0.466. The van der Waals surface area contributed by atoms with Gasteiger partial charge in [0.25, 0.3) is 0 Å². The van der Waals surface area contributed by atoms with Gasteiger partial charge in [-0.05, 0) is 107 Å². The second kappa shape index (κ2) is 12.4. The van der Waals surface area contributed by atoms with Crippen LogP contribution in [-0.2, 0) is 9.53 Å². The highest BCUT2D eigenvalue weighted by Gasteiger charge is 2.30. The van der Waals surface area contributed by atoms with Gasteiger partial charge < -0.3 is 4.74 Å². The summed E-state index contributed by atoms with van der Waals surface area (Å²) in [7, 11) is 3.03. The van der Waals surface area contributed by atoms with Crippen molar-refractivity contribution in [3.05, 3.63) is 35.7 Å². The maximum Gasteiger partial charge on any atom is 0.132 e. The zero-order chi connectivity index (χ0) is 21.3. The molecule has 0 aromatic heterocycles. The highest BCUT2D eigenvalue weighted by molar-refractivity contribution is 7.22. The average molecular weight is 431 g/mol. The third-order valence-corrected chi connectivity index (χ3v) is 8.28. The van der Waals surface area contributed by atoms with Crippen molar-refractivity contribution in [3.8, 4) is 0 Å². The summed E-state index contributed by atoms with van der Waals surface area (Å²) in [5.74, 6) is 3.67. The first-order chi connectivity index (χ1) is 14.6. The van der Waals surface area contributed by atoms with Crippen molar-refractivity contribution in [1.82, 2.24) is 0 Å². The van der Waals surface area contributed by atoms with Crippen LogP contribution in [-0.4, -0.2) is 18.5 Å². The Morgan fingerprint density at radius 1 is 1.00 bits per heavy atom. The Morgan fingerprint density at radius 3 is 2.23 bits per heavy atom. The van der Waals surface area contributed by atoms with E-state index < -0.39 is 0 Å². The molecule has 0 bridgehead atoms. The second-order valence-corrected chi connectivity index (χ2v) is 10.7. The van der Waals surface area contributed by atoms with Gasteiger partial charge in [-0.1, -0.05) is 30.1 Å². The fraction of sp³-hybridized carbons (Fsp3) is 0.741. The first kappa shape index (κ1) is 23.9. The Kier molecular flexibility index (Phi) is 9.85. The van der Waals surface area contributed by atoms with E-state index >= 15 is 0 Å². The Bertz CT molecular complexity index is 609. The maximum atomic E-state index is 11.5. The predicted molar refractivity (Wildman–Crippen MR) is 130 cm³/mol. The van der Waals surface area contributed by atoms with Gasteiger partial charge in [0.1, 0.15) is 5.78 Å². The van der Waals surface area contributed by atoms with Crippen LogP contribution in [0.4, 0.5) is 0 Å². The highest BCUT2D eigenvalue weighted by Crippen LogP contribution is 2.42. The number of carbonyl (C=O) groups is 1. The molecular weight excluding hydrogens is 387 g/mol. The van der Waals surface area contributed by atoms with Gasteiger partial charge in [0, 0.05) is 19.4 Å². The van der Waals surface area contributed by atoms with Crippen LogP contribution in [0.3, 0.4) is 0 Å². The Hall–Kier alpha value is -0.720.